The van der Waals surface area contributed by atoms with Crippen molar-refractivity contribution < 1.29 is 19.7 Å². The zero-order valence-electron chi connectivity index (χ0n) is 6.90. The Morgan fingerprint density at radius 3 is 2.83 bits per heavy atom. The van der Waals surface area contributed by atoms with Gasteiger partial charge in [0.25, 0.3) is 0 Å². The molecule has 0 aromatic rings. The Kier molecular flexibility index (Phi) is 3.49. The van der Waals surface area contributed by atoms with E-state index >= 15 is 0 Å². The lowest BCUT2D eigenvalue weighted by atomic mass is 10.0. The number of aliphatic hydroxyl groups is 1. The number of ether oxygens (including phenoxy) is 1. The average molecular weight is 174 g/mol. The van der Waals surface area contributed by atoms with Crippen molar-refractivity contribution in [1.29, 1.82) is 0 Å². The molecular weight excluding hydrogens is 160 g/mol. The quantitative estimate of drug-likeness (QED) is 0.649. The number of hydrogen-bond acceptors (Lipinski definition) is 3. The van der Waals surface area contributed by atoms with Gasteiger partial charge in [-0.25, -0.2) is 4.79 Å². The molecule has 0 saturated carbocycles. The third-order valence-corrected chi connectivity index (χ3v) is 2.05. The summed E-state index contributed by atoms with van der Waals surface area (Å²) in [5, 5.41) is 17.4. The van der Waals surface area contributed by atoms with Gasteiger partial charge in [-0.2, -0.15) is 0 Å². The van der Waals surface area contributed by atoms with Crippen molar-refractivity contribution in [1.82, 2.24) is 0 Å². The van der Waals surface area contributed by atoms with Crippen molar-refractivity contribution in [3.8, 4) is 0 Å². The fourth-order valence-electron chi connectivity index (χ4n) is 1.34. The zero-order chi connectivity index (χ0) is 8.97. The van der Waals surface area contributed by atoms with Gasteiger partial charge in [0.2, 0.25) is 0 Å². The van der Waals surface area contributed by atoms with Gasteiger partial charge in [0.1, 0.15) is 0 Å². The standard InChI is InChI=1S/C8H14O4/c9-7(8(10)11)5-6-3-1-2-4-12-6/h6-7,9H,1-5H2,(H,10,11). The van der Waals surface area contributed by atoms with E-state index in [0.717, 1.165) is 19.3 Å². The van der Waals surface area contributed by atoms with Crippen LogP contribution in [0.3, 0.4) is 0 Å². The lowest BCUT2D eigenvalue weighted by Gasteiger charge is -2.23. The van der Waals surface area contributed by atoms with Crippen molar-refractivity contribution in [2.24, 2.45) is 0 Å². The van der Waals surface area contributed by atoms with Crippen molar-refractivity contribution in [3.05, 3.63) is 0 Å². The largest absolute Gasteiger partial charge is 0.479 e. The van der Waals surface area contributed by atoms with Crippen molar-refractivity contribution >= 4 is 5.97 Å². The van der Waals surface area contributed by atoms with Crippen LogP contribution < -0.4 is 0 Å². The fraction of sp³-hybridized carbons (Fsp3) is 0.875. The van der Waals surface area contributed by atoms with E-state index in [1.165, 1.54) is 0 Å². The minimum absolute atomic E-state index is 0.0650. The minimum Gasteiger partial charge on any atom is -0.479 e. The molecule has 0 bridgehead atoms. The molecule has 1 aliphatic rings. The van der Waals surface area contributed by atoms with Gasteiger partial charge in [0, 0.05) is 13.0 Å². The van der Waals surface area contributed by atoms with E-state index in [1.807, 2.05) is 0 Å². The second-order valence-corrected chi connectivity index (χ2v) is 3.08. The van der Waals surface area contributed by atoms with Crippen LogP contribution in [0.15, 0.2) is 0 Å². The summed E-state index contributed by atoms with van der Waals surface area (Å²) in [4.78, 5) is 10.3. The third kappa shape index (κ3) is 2.79. The van der Waals surface area contributed by atoms with Crippen LogP contribution in [0.5, 0.6) is 0 Å². The fourth-order valence-corrected chi connectivity index (χ4v) is 1.34. The highest BCUT2D eigenvalue weighted by Gasteiger charge is 2.21. The van der Waals surface area contributed by atoms with Gasteiger partial charge in [-0.05, 0) is 19.3 Å². The number of carboxylic acid groups (broad SMARTS) is 1. The number of aliphatic hydroxyl groups excluding tert-OH is 1. The molecule has 4 heteroatoms. The molecule has 1 fully saturated rings. The van der Waals surface area contributed by atoms with Crippen molar-refractivity contribution in [2.75, 3.05) is 6.61 Å². The molecule has 0 amide bonds. The SMILES string of the molecule is O=C(O)C(O)CC1CCCCO1. The summed E-state index contributed by atoms with van der Waals surface area (Å²) in [5.74, 6) is -1.16. The Labute approximate surface area is 71.2 Å². The van der Waals surface area contributed by atoms with Gasteiger partial charge in [0.05, 0.1) is 6.10 Å². The lowest BCUT2D eigenvalue weighted by molar-refractivity contribution is -0.149. The molecule has 2 N–H and O–H groups in total. The molecule has 70 valence electrons. The van der Waals surface area contributed by atoms with Crippen LogP contribution in [0.1, 0.15) is 25.7 Å². The van der Waals surface area contributed by atoms with Crippen LogP contribution in [0.25, 0.3) is 0 Å². The molecule has 2 unspecified atom stereocenters. The van der Waals surface area contributed by atoms with E-state index in [2.05, 4.69) is 0 Å². The average Bonchev–Trinajstić information content (AvgIpc) is 2.06. The predicted octanol–water partition coefficient (Wildman–Crippen LogP) is 0.391. The number of carboxylic acids is 1. The van der Waals surface area contributed by atoms with Crippen LogP contribution in [0, 0.1) is 0 Å². The smallest absolute Gasteiger partial charge is 0.332 e. The molecular formula is C8H14O4. The predicted molar refractivity (Wildman–Crippen MR) is 41.9 cm³/mol. The van der Waals surface area contributed by atoms with Gasteiger partial charge < -0.3 is 14.9 Å². The van der Waals surface area contributed by atoms with Gasteiger partial charge in [0.15, 0.2) is 6.10 Å². The normalized spacial score (nSPS) is 26.6. The molecule has 12 heavy (non-hydrogen) atoms. The Hall–Kier alpha value is -0.610. The summed E-state index contributed by atoms with van der Waals surface area (Å²) in [6.45, 7) is 0.691. The molecule has 0 spiro atoms. The molecule has 4 nitrogen and oxygen atoms in total. The van der Waals surface area contributed by atoms with Crippen LogP contribution in [-0.4, -0.2) is 35.0 Å². The molecule has 1 rings (SSSR count). The highest BCUT2D eigenvalue weighted by atomic mass is 16.5. The summed E-state index contributed by atoms with van der Waals surface area (Å²) >= 11 is 0. The van der Waals surface area contributed by atoms with Gasteiger partial charge in [-0.3, -0.25) is 0 Å². The Morgan fingerprint density at radius 2 is 2.33 bits per heavy atom. The minimum atomic E-state index is -1.27. The summed E-state index contributed by atoms with van der Waals surface area (Å²) in [5.41, 5.74) is 0. The van der Waals surface area contributed by atoms with E-state index in [9.17, 15) is 4.79 Å². The first kappa shape index (κ1) is 9.48. The van der Waals surface area contributed by atoms with Crippen LogP contribution in [0.4, 0.5) is 0 Å². The topological polar surface area (TPSA) is 66.8 Å². The van der Waals surface area contributed by atoms with Crippen molar-refractivity contribution in [3.63, 3.8) is 0 Å². The molecule has 1 saturated heterocycles. The van der Waals surface area contributed by atoms with E-state index in [0.29, 0.717) is 6.61 Å². The van der Waals surface area contributed by atoms with Gasteiger partial charge in [-0.1, -0.05) is 0 Å². The number of aliphatic carboxylic acids is 1. The van der Waals surface area contributed by atoms with E-state index in [1.54, 1.807) is 0 Å². The van der Waals surface area contributed by atoms with Crippen LogP contribution >= 0.6 is 0 Å². The van der Waals surface area contributed by atoms with Gasteiger partial charge in [-0.15, -0.1) is 0 Å². The highest BCUT2D eigenvalue weighted by molar-refractivity contribution is 5.71. The molecule has 2 atom stereocenters. The van der Waals surface area contributed by atoms with Crippen LogP contribution in [-0.2, 0) is 9.53 Å². The Balaban J connectivity index is 2.24. The molecule has 0 aromatic carbocycles. The molecule has 0 radical (unpaired) electrons. The maximum Gasteiger partial charge on any atom is 0.332 e. The summed E-state index contributed by atoms with van der Waals surface area (Å²) in [6.07, 6.45) is 1.86. The van der Waals surface area contributed by atoms with E-state index in [-0.39, 0.29) is 12.5 Å². The lowest BCUT2D eigenvalue weighted by Crippen LogP contribution is -2.29. The summed E-state index contributed by atoms with van der Waals surface area (Å²) < 4.78 is 5.28. The Bertz CT molecular complexity index is 151. The first-order valence-corrected chi connectivity index (χ1v) is 4.22. The van der Waals surface area contributed by atoms with Crippen molar-refractivity contribution in [2.45, 2.75) is 37.9 Å². The maximum atomic E-state index is 10.3. The summed E-state index contributed by atoms with van der Waals surface area (Å²) in [6, 6.07) is 0. The van der Waals surface area contributed by atoms with E-state index in [4.69, 9.17) is 14.9 Å². The number of rotatable bonds is 3. The second kappa shape index (κ2) is 4.42. The molecule has 0 aliphatic carbocycles. The molecule has 0 aromatic heterocycles. The monoisotopic (exact) mass is 174 g/mol. The molecule has 1 heterocycles. The van der Waals surface area contributed by atoms with Gasteiger partial charge >= 0.3 is 5.97 Å². The highest BCUT2D eigenvalue weighted by Crippen LogP contribution is 2.16. The second-order valence-electron chi connectivity index (χ2n) is 3.08. The Morgan fingerprint density at radius 1 is 1.58 bits per heavy atom. The van der Waals surface area contributed by atoms with E-state index < -0.39 is 12.1 Å². The first-order valence-electron chi connectivity index (χ1n) is 4.22. The third-order valence-electron chi connectivity index (χ3n) is 2.05. The first-order chi connectivity index (χ1) is 5.70. The maximum absolute atomic E-state index is 10.3. The zero-order valence-corrected chi connectivity index (χ0v) is 6.90. The number of carbonyl (C=O) groups is 1. The molecule has 1 aliphatic heterocycles. The van der Waals surface area contributed by atoms with Crippen LogP contribution in [0.2, 0.25) is 0 Å². The number of hydrogen-bond donors (Lipinski definition) is 2. The summed E-state index contributed by atoms with van der Waals surface area (Å²) in [7, 11) is 0.